The Balaban J connectivity index is 0.980. The number of rotatable bonds is 7. The number of amides is 1. The van der Waals surface area contributed by atoms with Crippen LogP contribution in [0.2, 0.25) is 0 Å². The molecule has 4 aliphatic rings. The second-order valence-corrected chi connectivity index (χ2v) is 11.0. The van der Waals surface area contributed by atoms with Crippen LogP contribution in [0.1, 0.15) is 79.2 Å². The van der Waals surface area contributed by atoms with Gasteiger partial charge in [-0.1, -0.05) is 35.8 Å². The van der Waals surface area contributed by atoms with Gasteiger partial charge >= 0.3 is 0 Å². The van der Waals surface area contributed by atoms with Crippen molar-refractivity contribution < 1.29 is 13.7 Å². The summed E-state index contributed by atoms with van der Waals surface area (Å²) in [6.07, 6.45) is 11.4. The van der Waals surface area contributed by atoms with Crippen molar-refractivity contribution in [3.05, 3.63) is 71.8 Å². The Morgan fingerprint density at radius 3 is 2.66 bits per heavy atom. The molecule has 1 saturated carbocycles. The number of nitrogens with one attached hydrogen (secondary N) is 1. The fourth-order valence-electron chi connectivity index (χ4n) is 6.20. The van der Waals surface area contributed by atoms with E-state index in [1.165, 1.54) is 56.2 Å². The van der Waals surface area contributed by atoms with Crippen molar-refractivity contribution >= 4 is 5.91 Å². The highest BCUT2D eigenvalue weighted by atomic mass is 16.5. The molecule has 1 saturated heterocycles. The van der Waals surface area contributed by atoms with Gasteiger partial charge in [-0.25, -0.2) is 0 Å². The first-order valence-corrected chi connectivity index (χ1v) is 14.1. The van der Waals surface area contributed by atoms with Crippen LogP contribution in [0, 0.1) is 12.8 Å². The molecule has 0 radical (unpaired) electrons. The predicted octanol–water partition coefficient (Wildman–Crippen LogP) is 6.65. The van der Waals surface area contributed by atoms with Gasteiger partial charge in [0.15, 0.2) is 0 Å². The van der Waals surface area contributed by atoms with Crippen molar-refractivity contribution in [3.63, 3.8) is 0 Å². The lowest BCUT2D eigenvalue weighted by Crippen LogP contribution is -2.39. The van der Waals surface area contributed by atoms with Gasteiger partial charge in [0, 0.05) is 41.3 Å². The Kier molecular flexibility index (Phi) is 7.27. The summed E-state index contributed by atoms with van der Waals surface area (Å²) in [5.41, 5.74) is 4.02. The van der Waals surface area contributed by atoms with Crippen LogP contribution in [-0.4, -0.2) is 40.1 Å². The Hall–Kier alpha value is -3.45. The normalized spacial score (nSPS) is 22.5. The average Bonchev–Trinajstić information content (AvgIpc) is 3.61. The molecule has 1 atom stereocenters. The molecule has 0 spiro atoms. The third kappa shape index (κ3) is 5.53. The van der Waals surface area contributed by atoms with Crippen molar-refractivity contribution in [2.75, 3.05) is 13.1 Å². The van der Waals surface area contributed by atoms with Crippen LogP contribution >= 0.6 is 0 Å². The minimum absolute atomic E-state index is 0.00680. The predicted molar refractivity (Wildman–Crippen MR) is 146 cm³/mol. The van der Waals surface area contributed by atoms with Gasteiger partial charge in [0.2, 0.25) is 11.7 Å². The van der Waals surface area contributed by atoms with Crippen LogP contribution in [0.25, 0.3) is 22.7 Å². The molecule has 3 heterocycles. The van der Waals surface area contributed by atoms with Gasteiger partial charge in [-0.2, -0.15) is 4.98 Å². The van der Waals surface area contributed by atoms with Crippen molar-refractivity contribution in [2.45, 2.75) is 70.4 Å². The van der Waals surface area contributed by atoms with E-state index in [0.29, 0.717) is 23.3 Å². The Labute approximate surface area is 223 Å². The summed E-state index contributed by atoms with van der Waals surface area (Å²) in [5, 5.41) is 7.20. The molecule has 1 amide bonds. The second-order valence-electron chi connectivity index (χ2n) is 11.0. The van der Waals surface area contributed by atoms with Crippen molar-refractivity contribution in [3.8, 4) is 22.7 Å². The molecule has 1 aromatic carbocycles. The SMILES string of the molecule is Cc1nc(-c2ccc(C(=O)NC3CCC(CCN4CCCCC4c4coc5cccc-5c4)CC3)cc2)no1. The zero-order valence-electron chi connectivity index (χ0n) is 22.1. The lowest BCUT2D eigenvalue weighted by molar-refractivity contribution is 0.0915. The molecule has 6 rings (SSSR count). The Bertz CT molecular complexity index is 1320. The first-order chi connectivity index (χ1) is 18.6. The van der Waals surface area contributed by atoms with E-state index in [2.05, 4.69) is 38.6 Å². The number of benzene rings is 1. The van der Waals surface area contributed by atoms with Gasteiger partial charge in [0.25, 0.3) is 5.91 Å². The molecule has 2 aromatic rings. The van der Waals surface area contributed by atoms with Crippen molar-refractivity contribution in [1.29, 1.82) is 0 Å². The number of nitrogens with zero attached hydrogens (tertiary/aromatic N) is 3. The number of aryl methyl sites for hydroxylation is 1. The first-order valence-electron chi connectivity index (χ1n) is 14.1. The summed E-state index contributed by atoms with van der Waals surface area (Å²) in [6, 6.07) is 16.7. The van der Waals surface area contributed by atoms with Crippen LogP contribution in [-0.2, 0) is 0 Å². The maximum absolute atomic E-state index is 12.8. The molecule has 7 heteroatoms. The number of hydrogen-bond acceptors (Lipinski definition) is 6. The molecule has 2 aliphatic carbocycles. The second kappa shape index (κ2) is 11.1. The molecule has 38 heavy (non-hydrogen) atoms. The maximum Gasteiger partial charge on any atom is 0.251 e. The fraction of sp³-hybridized carbons (Fsp3) is 0.452. The third-order valence-electron chi connectivity index (χ3n) is 8.39. The van der Waals surface area contributed by atoms with E-state index < -0.39 is 0 Å². The highest BCUT2D eigenvalue weighted by Crippen LogP contribution is 2.36. The molecule has 2 aliphatic heterocycles. The highest BCUT2D eigenvalue weighted by Gasteiger charge is 2.28. The number of carbonyl (C=O) groups is 1. The molecule has 1 unspecified atom stereocenters. The molecule has 1 aromatic heterocycles. The summed E-state index contributed by atoms with van der Waals surface area (Å²) >= 11 is 0. The van der Waals surface area contributed by atoms with E-state index in [0.717, 1.165) is 36.6 Å². The minimum atomic E-state index is -0.00680. The van der Waals surface area contributed by atoms with Crippen LogP contribution < -0.4 is 5.32 Å². The summed E-state index contributed by atoms with van der Waals surface area (Å²) in [7, 11) is 0. The van der Waals surface area contributed by atoms with Gasteiger partial charge in [-0.3, -0.25) is 9.69 Å². The van der Waals surface area contributed by atoms with E-state index in [1.54, 1.807) is 6.92 Å². The van der Waals surface area contributed by atoms with Crippen molar-refractivity contribution in [2.24, 2.45) is 5.92 Å². The average molecular weight is 513 g/mol. The lowest BCUT2D eigenvalue weighted by atomic mass is 9.83. The summed E-state index contributed by atoms with van der Waals surface area (Å²) in [4.78, 5) is 19.8. The van der Waals surface area contributed by atoms with Crippen LogP contribution in [0.3, 0.4) is 0 Å². The fourth-order valence-corrected chi connectivity index (χ4v) is 6.20. The summed E-state index contributed by atoms with van der Waals surface area (Å²) in [5.74, 6) is 2.76. The number of carbonyl (C=O) groups excluding carboxylic acids is 1. The maximum atomic E-state index is 12.8. The minimum Gasteiger partial charge on any atom is -0.464 e. The van der Waals surface area contributed by atoms with E-state index >= 15 is 0 Å². The molecule has 0 bridgehead atoms. The van der Waals surface area contributed by atoms with E-state index in [-0.39, 0.29) is 11.9 Å². The van der Waals surface area contributed by atoms with Gasteiger partial charge in [0.1, 0.15) is 5.76 Å². The number of aromatic nitrogens is 2. The van der Waals surface area contributed by atoms with Crippen LogP contribution in [0.4, 0.5) is 0 Å². The number of likely N-dealkylation sites (tertiary alicyclic amines) is 1. The lowest BCUT2D eigenvalue weighted by Gasteiger charge is -2.37. The first kappa shape index (κ1) is 24.9. The molecule has 7 nitrogen and oxygen atoms in total. The smallest absolute Gasteiger partial charge is 0.251 e. The molecular formula is C31H36N4O3. The number of piperidine rings is 1. The monoisotopic (exact) mass is 512 g/mol. The zero-order chi connectivity index (χ0) is 25.9. The van der Waals surface area contributed by atoms with Gasteiger partial charge in [-0.05, 0) is 88.2 Å². The van der Waals surface area contributed by atoms with Crippen LogP contribution in [0.15, 0.2) is 63.7 Å². The molecular weight excluding hydrogens is 476 g/mol. The number of fused-ring (bicyclic) bond motifs is 1. The third-order valence-corrected chi connectivity index (χ3v) is 8.39. The summed E-state index contributed by atoms with van der Waals surface area (Å²) in [6.45, 7) is 4.07. The molecule has 1 N–H and O–H groups in total. The van der Waals surface area contributed by atoms with Gasteiger partial charge in [0.05, 0.1) is 6.26 Å². The van der Waals surface area contributed by atoms with E-state index in [9.17, 15) is 4.79 Å². The van der Waals surface area contributed by atoms with Crippen molar-refractivity contribution in [1.82, 2.24) is 20.4 Å². The quantitative estimate of drug-likeness (QED) is 0.298. The molecule has 198 valence electrons. The number of hydrogen-bond donors (Lipinski definition) is 1. The van der Waals surface area contributed by atoms with Crippen LogP contribution in [0.5, 0.6) is 0 Å². The highest BCUT2D eigenvalue weighted by molar-refractivity contribution is 5.94. The molecule has 2 fully saturated rings. The Morgan fingerprint density at radius 2 is 1.87 bits per heavy atom. The zero-order valence-corrected chi connectivity index (χ0v) is 22.1. The van der Waals surface area contributed by atoms with E-state index in [1.807, 2.05) is 36.6 Å². The van der Waals surface area contributed by atoms with E-state index in [4.69, 9.17) is 8.94 Å². The largest absolute Gasteiger partial charge is 0.464 e. The standard InChI is InChI=1S/C31H36N4O3/c1-21-32-30(34-38-21)23-10-12-24(13-11-23)31(36)33-27-14-8-22(9-15-27)16-18-35-17-3-2-6-28(35)26-19-25-5-4-7-29(25)37-20-26/h4-5,7,10-13,19-20,22,27-28H,2-3,6,8-9,14-18H2,1H3,(H,33,36). The topological polar surface area (TPSA) is 84.4 Å². The van der Waals surface area contributed by atoms with Gasteiger partial charge < -0.3 is 14.3 Å². The van der Waals surface area contributed by atoms with Gasteiger partial charge in [-0.15, -0.1) is 0 Å². The Morgan fingerprint density at radius 1 is 1.03 bits per heavy atom. The summed E-state index contributed by atoms with van der Waals surface area (Å²) < 4.78 is 11.0.